The van der Waals surface area contributed by atoms with E-state index in [1.165, 1.54) is 17.2 Å². The molecule has 2 fully saturated rings. The third kappa shape index (κ3) is 2.74. The van der Waals surface area contributed by atoms with Crippen LogP contribution in [0.2, 0.25) is 0 Å². The topological polar surface area (TPSA) is 149 Å². The van der Waals surface area contributed by atoms with Crippen molar-refractivity contribution in [3.8, 4) is 0 Å². The second-order valence-corrected chi connectivity index (χ2v) is 6.95. The summed E-state index contributed by atoms with van der Waals surface area (Å²) >= 11 is 0. The maximum absolute atomic E-state index is 11.2. The fraction of sp³-hybridized carbons (Fsp3) is 0.688. The molecule has 2 aromatic rings. The van der Waals surface area contributed by atoms with Gasteiger partial charge in [0, 0.05) is 0 Å². The first kappa shape index (κ1) is 17.6. The zero-order valence-corrected chi connectivity index (χ0v) is 14.2. The highest BCUT2D eigenvalue weighted by Crippen LogP contribution is 2.41. The zero-order chi connectivity index (χ0) is 18.3. The smallest absolute Gasteiger partial charge is 0.241 e. The van der Waals surface area contributed by atoms with E-state index in [0.717, 1.165) is 25.7 Å². The van der Waals surface area contributed by atoms with Crippen molar-refractivity contribution in [2.75, 3.05) is 18.9 Å². The minimum atomic E-state index is -2.04. The standard InChI is InChI=1S/C16H23N5O5/c17-13-11-14(19-7-18-13)21(8-20-11)15-16(24,12(23)10(5-22)26-15)25-6-9-3-1-2-4-9/h7-10,12,15,22-24H,1-6H2,(H2,17,18,19)/t10-,12-,15-,16+/m1/s1. The van der Waals surface area contributed by atoms with E-state index in [2.05, 4.69) is 15.0 Å². The Morgan fingerprint density at radius 3 is 2.81 bits per heavy atom. The Hall–Kier alpha value is -1.85. The SMILES string of the molecule is Nc1ncnc2c1ncn2[C@@H]1O[C@H](CO)[C@@H](O)[C@]1(O)OCC1CCCC1. The summed E-state index contributed by atoms with van der Waals surface area (Å²) in [7, 11) is 0. The minimum Gasteiger partial charge on any atom is -0.394 e. The van der Waals surface area contributed by atoms with Gasteiger partial charge in [0.05, 0.1) is 19.5 Å². The van der Waals surface area contributed by atoms with Crippen molar-refractivity contribution in [3.05, 3.63) is 12.7 Å². The van der Waals surface area contributed by atoms with Crippen LogP contribution in [0.1, 0.15) is 31.9 Å². The van der Waals surface area contributed by atoms with Gasteiger partial charge in [-0.3, -0.25) is 4.57 Å². The van der Waals surface area contributed by atoms with Gasteiger partial charge in [-0.1, -0.05) is 12.8 Å². The van der Waals surface area contributed by atoms with Gasteiger partial charge < -0.3 is 30.5 Å². The Morgan fingerprint density at radius 1 is 1.31 bits per heavy atom. The summed E-state index contributed by atoms with van der Waals surface area (Å²) in [4.78, 5) is 12.2. The molecule has 10 heteroatoms. The molecule has 2 aliphatic rings. The molecule has 0 bridgehead atoms. The summed E-state index contributed by atoms with van der Waals surface area (Å²) in [5.74, 6) is -1.51. The molecular weight excluding hydrogens is 342 g/mol. The summed E-state index contributed by atoms with van der Waals surface area (Å²) in [5.41, 5.74) is 6.51. The maximum atomic E-state index is 11.2. The first-order valence-corrected chi connectivity index (χ1v) is 8.78. The number of aromatic nitrogens is 4. The van der Waals surface area contributed by atoms with Crippen LogP contribution >= 0.6 is 0 Å². The van der Waals surface area contributed by atoms with Gasteiger partial charge in [0.25, 0.3) is 0 Å². The number of ether oxygens (including phenoxy) is 2. The quantitative estimate of drug-likeness (QED) is 0.517. The van der Waals surface area contributed by atoms with Crippen LogP contribution in [-0.2, 0) is 9.47 Å². The van der Waals surface area contributed by atoms with Gasteiger partial charge in [-0.15, -0.1) is 0 Å². The molecule has 0 unspecified atom stereocenters. The van der Waals surface area contributed by atoms with E-state index in [1.54, 1.807) is 0 Å². The fourth-order valence-electron chi connectivity index (χ4n) is 3.78. The van der Waals surface area contributed by atoms with Crippen LogP contribution in [-0.4, -0.2) is 66.0 Å². The van der Waals surface area contributed by atoms with Crippen molar-refractivity contribution in [2.45, 2.75) is 49.9 Å². The number of fused-ring (bicyclic) bond motifs is 1. The van der Waals surface area contributed by atoms with Crippen molar-refractivity contribution >= 4 is 17.0 Å². The number of hydrogen-bond donors (Lipinski definition) is 4. The highest BCUT2D eigenvalue weighted by molar-refractivity contribution is 5.81. The van der Waals surface area contributed by atoms with E-state index >= 15 is 0 Å². The number of rotatable bonds is 5. The average Bonchev–Trinajstić information content (AvgIpc) is 3.34. The lowest BCUT2D eigenvalue weighted by atomic mass is 10.1. The van der Waals surface area contributed by atoms with Crippen LogP contribution in [0.25, 0.3) is 11.2 Å². The molecule has 0 radical (unpaired) electrons. The van der Waals surface area contributed by atoms with Gasteiger partial charge in [-0.05, 0) is 18.8 Å². The van der Waals surface area contributed by atoms with Gasteiger partial charge >= 0.3 is 0 Å². The summed E-state index contributed by atoms with van der Waals surface area (Å²) in [6.45, 7) is -0.161. The van der Waals surface area contributed by atoms with Crippen molar-refractivity contribution in [2.24, 2.45) is 5.92 Å². The molecule has 0 amide bonds. The third-order valence-corrected chi connectivity index (χ3v) is 5.28. The number of anilines is 1. The Kier molecular flexibility index (Phi) is 4.53. The summed E-state index contributed by atoms with van der Waals surface area (Å²) in [5, 5.41) is 31.2. The first-order chi connectivity index (χ1) is 12.5. The highest BCUT2D eigenvalue weighted by Gasteiger charge is 2.58. The molecule has 142 valence electrons. The lowest BCUT2D eigenvalue weighted by Gasteiger charge is -2.32. The number of imidazole rings is 1. The van der Waals surface area contributed by atoms with Gasteiger partial charge in [0.15, 0.2) is 17.7 Å². The molecule has 2 aromatic heterocycles. The number of hydrogen-bond acceptors (Lipinski definition) is 9. The van der Waals surface area contributed by atoms with Gasteiger partial charge in [-0.2, -0.15) is 0 Å². The van der Waals surface area contributed by atoms with Crippen molar-refractivity contribution < 1.29 is 24.8 Å². The largest absolute Gasteiger partial charge is 0.394 e. The molecule has 5 N–H and O–H groups in total. The van der Waals surface area contributed by atoms with Crippen molar-refractivity contribution in [1.29, 1.82) is 0 Å². The third-order valence-electron chi connectivity index (χ3n) is 5.28. The normalized spacial score (nSPS) is 32.7. The van der Waals surface area contributed by atoms with Crippen LogP contribution in [0.5, 0.6) is 0 Å². The van der Waals surface area contributed by atoms with Crippen molar-refractivity contribution in [1.82, 2.24) is 19.5 Å². The highest BCUT2D eigenvalue weighted by atomic mass is 16.7. The predicted octanol–water partition coefficient (Wildman–Crippen LogP) is -0.446. The molecule has 1 aliphatic carbocycles. The molecule has 3 heterocycles. The summed E-state index contributed by atoms with van der Waals surface area (Å²) in [6, 6.07) is 0. The fourth-order valence-corrected chi connectivity index (χ4v) is 3.78. The minimum absolute atomic E-state index is 0.196. The summed E-state index contributed by atoms with van der Waals surface area (Å²) < 4.78 is 12.9. The Balaban J connectivity index is 1.67. The molecule has 26 heavy (non-hydrogen) atoms. The molecular formula is C16H23N5O5. The first-order valence-electron chi connectivity index (χ1n) is 8.78. The molecule has 10 nitrogen and oxygen atoms in total. The lowest BCUT2D eigenvalue weighted by molar-refractivity contribution is -0.281. The second-order valence-electron chi connectivity index (χ2n) is 6.95. The van der Waals surface area contributed by atoms with Crippen LogP contribution in [0, 0.1) is 5.92 Å². The molecule has 1 saturated heterocycles. The van der Waals surface area contributed by atoms with Crippen LogP contribution in [0.15, 0.2) is 12.7 Å². The second kappa shape index (κ2) is 6.71. The van der Waals surface area contributed by atoms with Crippen LogP contribution in [0.4, 0.5) is 5.82 Å². The van der Waals surface area contributed by atoms with E-state index in [9.17, 15) is 15.3 Å². The molecule has 1 aliphatic heterocycles. The maximum Gasteiger partial charge on any atom is 0.241 e. The van der Waals surface area contributed by atoms with E-state index in [-0.39, 0.29) is 5.82 Å². The molecule has 4 atom stereocenters. The van der Waals surface area contributed by atoms with Gasteiger partial charge in [0.2, 0.25) is 5.79 Å². The van der Waals surface area contributed by atoms with Crippen LogP contribution in [0.3, 0.4) is 0 Å². The van der Waals surface area contributed by atoms with E-state index in [4.69, 9.17) is 15.2 Å². The van der Waals surface area contributed by atoms with E-state index < -0.39 is 30.8 Å². The zero-order valence-electron chi connectivity index (χ0n) is 14.2. The Morgan fingerprint density at radius 2 is 2.08 bits per heavy atom. The Labute approximate surface area is 149 Å². The van der Waals surface area contributed by atoms with Crippen molar-refractivity contribution in [3.63, 3.8) is 0 Å². The number of nitrogen functional groups attached to an aromatic ring is 1. The van der Waals surface area contributed by atoms with E-state index in [1.807, 2.05) is 0 Å². The molecule has 1 saturated carbocycles. The number of aliphatic hydroxyl groups is 3. The predicted molar refractivity (Wildman–Crippen MR) is 89.6 cm³/mol. The van der Waals surface area contributed by atoms with Gasteiger partial charge in [-0.25, -0.2) is 15.0 Å². The average molecular weight is 365 g/mol. The lowest BCUT2D eigenvalue weighted by Crippen LogP contribution is -2.50. The Bertz CT molecular complexity index is 779. The number of aliphatic hydroxyl groups excluding tert-OH is 2. The van der Waals surface area contributed by atoms with E-state index in [0.29, 0.717) is 23.7 Å². The molecule has 0 spiro atoms. The monoisotopic (exact) mass is 365 g/mol. The number of nitrogens with zero attached hydrogens (tertiary/aromatic N) is 4. The summed E-state index contributed by atoms with van der Waals surface area (Å²) in [6.07, 6.45) is 3.46. The molecule has 4 rings (SSSR count). The molecule has 0 aromatic carbocycles. The number of nitrogens with two attached hydrogens (primary N) is 1. The van der Waals surface area contributed by atoms with Crippen LogP contribution < -0.4 is 5.73 Å². The van der Waals surface area contributed by atoms with Gasteiger partial charge in [0.1, 0.15) is 24.1 Å².